The van der Waals surface area contributed by atoms with Gasteiger partial charge in [-0.2, -0.15) is 0 Å². The highest BCUT2D eigenvalue weighted by Crippen LogP contribution is 2.30. The first kappa shape index (κ1) is 16.7. The highest BCUT2D eigenvalue weighted by molar-refractivity contribution is 7.94. The van der Waals surface area contributed by atoms with E-state index in [9.17, 15) is 13.2 Å². The molecule has 1 amide bonds. The van der Waals surface area contributed by atoms with Gasteiger partial charge in [0.1, 0.15) is 0 Å². The molecule has 1 aliphatic rings. The first-order valence-corrected chi connectivity index (χ1v) is 9.04. The standard InChI is InChI=1S/C17H23NO3S/c1-12-8-13(2)10-15(9-12)18(16(19)17(3,4)5)14-6-7-22(20,21)11-14/h6-10,14H,11H2,1-5H3. The van der Waals surface area contributed by atoms with Crippen molar-refractivity contribution in [1.82, 2.24) is 0 Å². The largest absolute Gasteiger partial charge is 0.304 e. The number of carbonyl (C=O) groups is 1. The Morgan fingerprint density at radius 2 is 1.68 bits per heavy atom. The van der Waals surface area contributed by atoms with Crippen LogP contribution in [0.2, 0.25) is 0 Å². The van der Waals surface area contributed by atoms with Crippen LogP contribution >= 0.6 is 0 Å². The lowest BCUT2D eigenvalue weighted by Gasteiger charge is -2.33. The maximum Gasteiger partial charge on any atom is 0.232 e. The number of anilines is 1. The minimum atomic E-state index is -3.22. The lowest BCUT2D eigenvalue weighted by molar-refractivity contribution is -0.126. The fraction of sp³-hybridized carbons (Fsp3) is 0.471. The van der Waals surface area contributed by atoms with E-state index in [0.717, 1.165) is 16.8 Å². The van der Waals surface area contributed by atoms with Crippen LogP contribution in [0.1, 0.15) is 31.9 Å². The van der Waals surface area contributed by atoms with Crippen molar-refractivity contribution < 1.29 is 13.2 Å². The molecule has 0 saturated heterocycles. The van der Waals surface area contributed by atoms with Gasteiger partial charge in [-0.05, 0) is 43.2 Å². The van der Waals surface area contributed by atoms with Gasteiger partial charge in [-0.15, -0.1) is 0 Å². The Morgan fingerprint density at radius 1 is 1.14 bits per heavy atom. The molecular formula is C17H23NO3S. The van der Waals surface area contributed by atoms with Crippen LogP contribution in [-0.4, -0.2) is 26.1 Å². The molecule has 0 bridgehead atoms. The summed E-state index contributed by atoms with van der Waals surface area (Å²) in [5.74, 6) is -0.133. The van der Waals surface area contributed by atoms with Crippen LogP contribution in [0, 0.1) is 19.3 Å². The molecule has 0 radical (unpaired) electrons. The second kappa shape index (κ2) is 5.54. The van der Waals surface area contributed by atoms with Gasteiger partial charge in [0, 0.05) is 16.5 Å². The van der Waals surface area contributed by atoms with Crippen molar-refractivity contribution >= 4 is 21.4 Å². The molecule has 0 N–H and O–H groups in total. The highest BCUT2D eigenvalue weighted by atomic mass is 32.2. The summed E-state index contributed by atoms with van der Waals surface area (Å²) in [5, 5.41) is 1.21. The van der Waals surface area contributed by atoms with Crippen molar-refractivity contribution in [3.05, 3.63) is 40.8 Å². The molecule has 0 aliphatic carbocycles. The van der Waals surface area contributed by atoms with Crippen molar-refractivity contribution in [2.45, 2.75) is 40.7 Å². The second-order valence-corrected chi connectivity index (χ2v) is 8.93. The third-order valence-corrected chi connectivity index (χ3v) is 4.97. The van der Waals surface area contributed by atoms with E-state index in [4.69, 9.17) is 0 Å². The lowest BCUT2D eigenvalue weighted by Crippen LogP contribution is -2.46. The molecule has 120 valence electrons. The predicted molar refractivity (Wildman–Crippen MR) is 89.6 cm³/mol. The van der Waals surface area contributed by atoms with Crippen molar-refractivity contribution in [2.24, 2.45) is 5.41 Å². The Hall–Kier alpha value is -1.62. The van der Waals surface area contributed by atoms with Crippen LogP contribution < -0.4 is 4.90 Å². The number of benzene rings is 1. The monoisotopic (exact) mass is 321 g/mol. The molecule has 0 spiro atoms. The minimum absolute atomic E-state index is 0.0538. The number of hydrogen-bond acceptors (Lipinski definition) is 3. The van der Waals surface area contributed by atoms with Crippen LogP contribution in [0.5, 0.6) is 0 Å². The quantitative estimate of drug-likeness (QED) is 0.841. The van der Waals surface area contributed by atoms with Gasteiger partial charge in [0.15, 0.2) is 9.84 Å². The zero-order valence-electron chi connectivity index (χ0n) is 13.8. The Bertz CT molecular complexity index is 707. The van der Waals surface area contributed by atoms with E-state index in [2.05, 4.69) is 0 Å². The van der Waals surface area contributed by atoms with Crippen molar-refractivity contribution in [2.75, 3.05) is 10.7 Å². The summed E-state index contributed by atoms with van der Waals surface area (Å²) in [4.78, 5) is 14.5. The van der Waals surface area contributed by atoms with Gasteiger partial charge < -0.3 is 4.90 Å². The van der Waals surface area contributed by atoms with Gasteiger partial charge in [0.25, 0.3) is 0 Å². The molecule has 1 aliphatic heterocycles. The summed E-state index contributed by atoms with van der Waals surface area (Å²) in [6.45, 7) is 9.48. The van der Waals surface area contributed by atoms with Gasteiger partial charge in [0.2, 0.25) is 5.91 Å². The van der Waals surface area contributed by atoms with E-state index in [1.54, 1.807) is 11.0 Å². The van der Waals surface area contributed by atoms with Gasteiger partial charge in [-0.1, -0.05) is 26.8 Å². The third-order valence-electron chi connectivity index (χ3n) is 3.59. The summed E-state index contributed by atoms with van der Waals surface area (Å²) < 4.78 is 23.5. The van der Waals surface area contributed by atoms with Gasteiger partial charge >= 0.3 is 0 Å². The van der Waals surface area contributed by atoms with E-state index in [0.29, 0.717) is 0 Å². The molecule has 1 heterocycles. The second-order valence-electron chi connectivity index (χ2n) is 7.00. The van der Waals surface area contributed by atoms with Crippen LogP contribution in [0.25, 0.3) is 0 Å². The average Bonchev–Trinajstić information content (AvgIpc) is 2.67. The highest BCUT2D eigenvalue weighted by Gasteiger charge is 2.36. The summed E-state index contributed by atoms with van der Waals surface area (Å²) in [5.41, 5.74) is 2.26. The van der Waals surface area contributed by atoms with E-state index in [1.165, 1.54) is 5.41 Å². The summed E-state index contributed by atoms with van der Waals surface area (Å²) in [6.07, 6.45) is 1.61. The number of carbonyl (C=O) groups excluding carboxylic acids is 1. The maximum absolute atomic E-state index is 12.9. The number of aryl methyl sites for hydroxylation is 2. The van der Waals surface area contributed by atoms with Crippen molar-refractivity contribution in [1.29, 1.82) is 0 Å². The zero-order valence-corrected chi connectivity index (χ0v) is 14.6. The fourth-order valence-electron chi connectivity index (χ4n) is 2.63. The van der Waals surface area contributed by atoms with Crippen LogP contribution in [0.15, 0.2) is 29.7 Å². The molecule has 1 unspecified atom stereocenters. The molecule has 0 saturated carbocycles. The SMILES string of the molecule is Cc1cc(C)cc(N(C(=O)C(C)(C)C)C2C=CS(=O)(=O)C2)c1. The van der Waals surface area contributed by atoms with Crippen molar-refractivity contribution in [3.8, 4) is 0 Å². The smallest absolute Gasteiger partial charge is 0.232 e. The van der Waals surface area contributed by atoms with E-state index >= 15 is 0 Å². The average molecular weight is 321 g/mol. The number of rotatable bonds is 2. The van der Waals surface area contributed by atoms with Gasteiger partial charge in [-0.3, -0.25) is 4.79 Å². The number of nitrogens with zero attached hydrogens (tertiary/aromatic N) is 1. The summed E-state index contributed by atoms with van der Waals surface area (Å²) >= 11 is 0. The summed E-state index contributed by atoms with van der Waals surface area (Å²) in [7, 11) is -3.22. The number of sulfone groups is 1. The lowest BCUT2D eigenvalue weighted by atomic mass is 9.93. The van der Waals surface area contributed by atoms with Gasteiger partial charge in [-0.25, -0.2) is 8.42 Å². The first-order valence-electron chi connectivity index (χ1n) is 7.32. The topological polar surface area (TPSA) is 54.5 Å². The molecule has 0 fully saturated rings. The zero-order chi connectivity index (χ0) is 16.7. The minimum Gasteiger partial charge on any atom is -0.304 e. The van der Waals surface area contributed by atoms with E-state index in [1.807, 2.05) is 52.8 Å². The Labute approximate surface area is 132 Å². The van der Waals surface area contributed by atoms with Crippen molar-refractivity contribution in [3.63, 3.8) is 0 Å². The Morgan fingerprint density at radius 3 is 2.09 bits per heavy atom. The van der Waals surface area contributed by atoms with Crippen LogP contribution in [0.4, 0.5) is 5.69 Å². The third kappa shape index (κ3) is 3.58. The number of amides is 1. The van der Waals surface area contributed by atoms with E-state index in [-0.39, 0.29) is 11.7 Å². The normalized spacial score (nSPS) is 20.1. The van der Waals surface area contributed by atoms with E-state index < -0.39 is 21.3 Å². The molecule has 22 heavy (non-hydrogen) atoms. The molecule has 1 aromatic rings. The van der Waals surface area contributed by atoms with Gasteiger partial charge in [0.05, 0.1) is 11.8 Å². The molecule has 4 nitrogen and oxygen atoms in total. The summed E-state index contributed by atoms with van der Waals surface area (Å²) in [6, 6.07) is 5.44. The molecule has 2 rings (SSSR count). The number of hydrogen-bond donors (Lipinski definition) is 0. The Kier molecular flexibility index (Phi) is 4.22. The van der Waals surface area contributed by atoms with Crippen LogP contribution in [0.3, 0.4) is 0 Å². The first-order chi connectivity index (χ1) is 9.99. The van der Waals surface area contributed by atoms with Crippen LogP contribution in [-0.2, 0) is 14.6 Å². The molecule has 1 atom stereocenters. The molecule has 1 aromatic carbocycles. The maximum atomic E-state index is 12.9. The predicted octanol–water partition coefficient (Wildman–Crippen LogP) is 2.99. The molecule has 0 aromatic heterocycles. The Balaban J connectivity index is 2.51. The fourth-order valence-corrected chi connectivity index (χ4v) is 3.90. The molecular weight excluding hydrogens is 298 g/mol. The molecule has 5 heteroatoms.